The Hall–Kier alpha value is -1.98. The van der Waals surface area contributed by atoms with Crippen molar-refractivity contribution in [1.82, 2.24) is 4.98 Å². The van der Waals surface area contributed by atoms with Crippen LogP contribution in [0.15, 0.2) is 36.5 Å². The minimum atomic E-state index is -0.831. The summed E-state index contributed by atoms with van der Waals surface area (Å²) in [5, 5.41) is 3.89. The Morgan fingerprint density at radius 2 is 2.10 bits per heavy atom. The quantitative estimate of drug-likeness (QED) is 0.871. The summed E-state index contributed by atoms with van der Waals surface area (Å²) in [6, 6.07) is 9.47. The Morgan fingerprint density at radius 1 is 1.30 bits per heavy atom. The molecule has 1 amide bonds. The number of carbonyl (C=O) groups is 1. The molecule has 104 valence electrons. The average Bonchev–Trinajstić information content (AvgIpc) is 2.48. The van der Waals surface area contributed by atoms with Crippen molar-refractivity contribution in [3.63, 3.8) is 0 Å². The van der Waals surface area contributed by atoms with Gasteiger partial charge in [0.05, 0.1) is 5.52 Å². The lowest BCUT2D eigenvalue weighted by Crippen LogP contribution is -2.54. The van der Waals surface area contributed by atoms with Crippen LogP contribution in [-0.4, -0.2) is 29.6 Å². The smallest absolute Gasteiger partial charge is 0.244 e. The molecule has 0 unspecified atom stereocenters. The van der Waals surface area contributed by atoms with Crippen LogP contribution in [0.3, 0.4) is 0 Å². The van der Waals surface area contributed by atoms with Crippen molar-refractivity contribution in [1.29, 1.82) is 0 Å². The lowest BCUT2D eigenvalue weighted by molar-refractivity contribution is -0.124. The molecule has 0 spiro atoms. The zero-order valence-electron chi connectivity index (χ0n) is 11.1. The number of hydrogen-bond donors (Lipinski definition) is 2. The normalized spacial score (nSPS) is 17.9. The predicted molar refractivity (Wildman–Crippen MR) is 77.3 cm³/mol. The van der Waals surface area contributed by atoms with Gasteiger partial charge in [0.2, 0.25) is 5.91 Å². The average molecular weight is 271 g/mol. The monoisotopic (exact) mass is 271 g/mol. The fourth-order valence-electron chi connectivity index (χ4n) is 2.37. The number of aromatic nitrogens is 1. The summed E-state index contributed by atoms with van der Waals surface area (Å²) in [7, 11) is 0. The molecule has 1 aliphatic rings. The number of carbonyl (C=O) groups excluding carboxylic acids is 1. The van der Waals surface area contributed by atoms with E-state index in [0.717, 1.165) is 16.6 Å². The summed E-state index contributed by atoms with van der Waals surface area (Å²) >= 11 is 0. The van der Waals surface area contributed by atoms with E-state index in [1.165, 1.54) is 0 Å². The highest BCUT2D eigenvalue weighted by atomic mass is 16.5. The van der Waals surface area contributed by atoms with Gasteiger partial charge in [0.1, 0.15) is 5.54 Å². The maximum absolute atomic E-state index is 12.3. The molecule has 0 aliphatic carbocycles. The molecule has 2 heterocycles. The minimum Gasteiger partial charge on any atom is -0.381 e. The van der Waals surface area contributed by atoms with E-state index in [9.17, 15) is 4.79 Å². The van der Waals surface area contributed by atoms with Gasteiger partial charge in [-0.05, 0) is 37.1 Å². The van der Waals surface area contributed by atoms with Gasteiger partial charge in [0.15, 0.2) is 0 Å². The molecule has 3 N–H and O–H groups in total. The highest BCUT2D eigenvalue weighted by Gasteiger charge is 2.35. The van der Waals surface area contributed by atoms with Crippen molar-refractivity contribution in [2.24, 2.45) is 5.73 Å². The number of ether oxygens (including phenoxy) is 1. The first-order valence-electron chi connectivity index (χ1n) is 6.70. The summed E-state index contributed by atoms with van der Waals surface area (Å²) in [6.45, 7) is 1.07. The molecule has 0 radical (unpaired) electrons. The van der Waals surface area contributed by atoms with Gasteiger partial charge in [-0.1, -0.05) is 6.07 Å². The van der Waals surface area contributed by atoms with Crippen LogP contribution >= 0.6 is 0 Å². The zero-order chi connectivity index (χ0) is 14.0. The Morgan fingerprint density at radius 3 is 2.90 bits per heavy atom. The number of rotatable bonds is 2. The van der Waals surface area contributed by atoms with E-state index in [1.807, 2.05) is 30.3 Å². The highest BCUT2D eigenvalue weighted by Crippen LogP contribution is 2.22. The lowest BCUT2D eigenvalue weighted by atomic mass is 9.90. The van der Waals surface area contributed by atoms with Crippen LogP contribution in [0.5, 0.6) is 0 Å². The van der Waals surface area contributed by atoms with Crippen LogP contribution in [0.4, 0.5) is 5.69 Å². The summed E-state index contributed by atoms with van der Waals surface area (Å²) in [5.74, 6) is -0.149. The van der Waals surface area contributed by atoms with E-state index < -0.39 is 5.54 Å². The standard InChI is InChI=1S/C15H17N3O2/c16-15(5-8-20-9-6-15)14(19)18-12-3-4-13-11(10-12)2-1-7-17-13/h1-4,7,10H,5-6,8-9,16H2,(H,18,19). The number of anilines is 1. The number of nitrogens with one attached hydrogen (secondary N) is 1. The summed E-state index contributed by atoms with van der Waals surface area (Å²) < 4.78 is 5.25. The highest BCUT2D eigenvalue weighted by molar-refractivity contribution is 5.99. The molecule has 0 atom stereocenters. The van der Waals surface area contributed by atoms with Crippen LogP contribution in [-0.2, 0) is 9.53 Å². The first-order valence-corrected chi connectivity index (χ1v) is 6.70. The van der Waals surface area contributed by atoms with Crippen molar-refractivity contribution >= 4 is 22.5 Å². The molecule has 1 fully saturated rings. The van der Waals surface area contributed by atoms with Crippen molar-refractivity contribution in [2.45, 2.75) is 18.4 Å². The van der Waals surface area contributed by atoms with Crippen LogP contribution in [0.25, 0.3) is 10.9 Å². The van der Waals surface area contributed by atoms with Gasteiger partial charge in [-0.15, -0.1) is 0 Å². The molecule has 0 saturated carbocycles. The van der Waals surface area contributed by atoms with Gasteiger partial charge in [-0.2, -0.15) is 0 Å². The molecule has 1 saturated heterocycles. The number of nitrogens with two attached hydrogens (primary N) is 1. The van der Waals surface area contributed by atoms with Gasteiger partial charge in [-0.25, -0.2) is 0 Å². The third kappa shape index (κ3) is 2.50. The molecule has 0 bridgehead atoms. The maximum Gasteiger partial charge on any atom is 0.244 e. The lowest BCUT2D eigenvalue weighted by Gasteiger charge is -2.31. The Balaban J connectivity index is 1.80. The van der Waals surface area contributed by atoms with Crippen molar-refractivity contribution < 1.29 is 9.53 Å². The fourth-order valence-corrected chi connectivity index (χ4v) is 2.37. The molecular formula is C15H17N3O2. The Kier molecular flexibility index (Phi) is 3.38. The number of pyridine rings is 1. The van der Waals surface area contributed by atoms with E-state index in [2.05, 4.69) is 10.3 Å². The van der Waals surface area contributed by atoms with Crippen LogP contribution in [0.1, 0.15) is 12.8 Å². The van der Waals surface area contributed by atoms with Gasteiger partial charge < -0.3 is 15.8 Å². The zero-order valence-corrected chi connectivity index (χ0v) is 11.1. The summed E-state index contributed by atoms with van der Waals surface area (Å²) in [4.78, 5) is 16.6. The molecule has 1 aliphatic heterocycles. The van der Waals surface area contributed by atoms with Crippen LogP contribution in [0.2, 0.25) is 0 Å². The molecule has 1 aromatic carbocycles. The third-order valence-electron chi connectivity index (χ3n) is 3.70. The first kappa shape index (κ1) is 13.0. The second-order valence-corrected chi connectivity index (χ2v) is 5.13. The van der Waals surface area contributed by atoms with E-state index in [-0.39, 0.29) is 5.91 Å². The second-order valence-electron chi connectivity index (χ2n) is 5.13. The van der Waals surface area contributed by atoms with Crippen LogP contribution < -0.4 is 11.1 Å². The molecular weight excluding hydrogens is 254 g/mol. The largest absolute Gasteiger partial charge is 0.381 e. The minimum absolute atomic E-state index is 0.149. The number of nitrogens with zero attached hydrogens (tertiary/aromatic N) is 1. The number of benzene rings is 1. The molecule has 2 aromatic rings. The molecule has 1 aromatic heterocycles. The van der Waals surface area contributed by atoms with Crippen molar-refractivity contribution in [2.75, 3.05) is 18.5 Å². The Labute approximate surface area is 117 Å². The van der Waals surface area contributed by atoms with Gasteiger partial charge in [-0.3, -0.25) is 9.78 Å². The molecule has 5 heteroatoms. The SMILES string of the molecule is NC1(C(=O)Nc2ccc3ncccc3c2)CCOCC1. The summed E-state index contributed by atoms with van der Waals surface area (Å²) in [6.07, 6.45) is 2.85. The fraction of sp³-hybridized carbons (Fsp3) is 0.333. The van der Waals surface area contributed by atoms with E-state index in [0.29, 0.717) is 26.1 Å². The maximum atomic E-state index is 12.3. The molecule has 5 nitrogen and oxygen atoms in total. The number of fused-ring (bicyclic) bond motifs is 1. The van der Waals surface area contributed by atoms with Crippen molar-refractivity contribution in [3.8, 4) is 0 Å². The van der Waals surface area contributed by atoms with Crippen LogP contribution in [0, 0.1) is 0 Å². The van der Waals surface area contributed by atoms with Gasteiger partial charge in [0.25, 0.3) is 0 Å². The van der Waals surface area contributed by atoms with E-state index in [4.69, 9.17) is 10.5 Å². The van der Waals surface area contributed by atoms with Gasteiger partial charge in [0, 0.05) is 30.5 Å². The summed E-state index contributed by atoms with van der Waals surface area (Å²) in [5.41, 5.74) is 6.97. The molecule has 3 rings (SSSR count). The number of amides is 1. The molecule has 20 heavy (non-hydrogen) atoms. The van der Waals surface area contributed by atoms with Crippen molar-refractivity contribution in [3.05, 3.63) is 36.5 Å². The Bertz CT molecular complexity index is 636. The number of hydrogen-bond acceptors (Lipinski definition) is 4. The topological polar surface area (TPSA) is 77.2 Å². The van der Waals surface area contributed by atoms with E-state index in [1.54, 1.807) is 6.20 Å². The third-order valence-corrected chi connectivity index (χ3v) is 3.70. The van der Waals surface area contributed by atoms with E-state index >= 15 is 0 Å². The van der Waals surface area contributed by atoms with Gasteiger partial charge >= 0.3 is 0 Å². The first-order chi connectivity index (χ1) is 9.67. The second kappa shape index (κ2) is 5.19. The predicted octanol–water partition coefficient (Wildman–Crippen LogP) is 1.68.